The summed E-state index contributed by atoms with van der Waals surface area (Å²) in [6.07, 6.45) is 1.63. The second kappa shape index (κ2) is 8.77. The molecule has 3 aromatic rings. The zero-order valence-electron chi connectivity index (χ0n) is 15.5. The van der Waals surface area contributed by atoms with Gasteiger partial charge in [0.25, 0.3) is 5.91 Å². The van der Waals surface area contributed by atoms with Gasteiger partial charge in [0.05, 0.1) is 19.0 Å². The highest BCUT2D eigenvalue weighted by atomic mass is 16.5. The SMILES string of the molecule is COc1cccc(NC(=O)[C@H](OC(=O)c2cnc(C)cn2)c2ccccc2)c1. The number of ether oxygens (including phenoxy) is 2. The molecule has 7 nitrogen and oxygen atoms in total. The van der Waals surface area contributed by atoms with Gasteiger partial charge in [-0.2, -0.15) is 0 Å². The molecule has 1 N–H and O–H groups in total. The lowest BCUT2D eigenvalue weighted by Crippen LogP contribution is -2.26. The fourth-order valence-electron chi connectivity index (χ4n) is 2.47. The van der Waals surface area contributed by atoms with Gasteiger partial charge in [-0.3, -0.25) is 9.78 Å². The quantitative estimate of drug-likeness (QED) is 0.663. The number of rotatable bonds is 6. The maximum atomic E-state index is 12.9. The summed E-state index contributed by atoms with van der Waals surface area (Å²) in [5.74, 6) is -0.629. The first kappa shape index (κ1) is 19.0. The number of nitrogens with zero attached hydrogens (tertiary/aromatic N) is 2. The van der Waals surface area contributed by atoms with E-state index in [1.165, 1.54) is 19.5 Å². The summed E-state index contributed by atoms with van der Waals surface area (Å²) in [6.45, 7) is 1.76. The number of hydrogen-bond donors (Lipinski definition) is 1. The van der Waals surface area contributed by atoms with Gasteiger partial charge >= 0.3 is 5.97 Å². The lowest BCUT2D eigenvalue weighted by Gasteiger charge is -2.18. The summed E-state index contributed by atoms with van der Waals surface area (Å²) in [7, 11) is 1.54. The highest BCUT2D eigenvalue weighted by Crippen LogP contribution is 2.23. The first-order chi connectivity index (χ1) is 13.6. The summed E-state index contributed by atoms with van der Waals surface area (Å²) >= 11 is 0. The van der Waals surface area contributed by atoms with Crippen molar-refractivity contribution in [3.05, 3.63) is 83.9 Å². The van der Waals surface area contributed by atoms with Crippen molar-refractivity contribution < 1.29 is 19.1 Å². The van der Waals surface area contributed by atoms with E-state index in [-0.39, 0.29) is 5.69 Å². The van der Waals surface area contributed by atoms with E-state index in [0.717, 1.165) is 0 Å². The van der Waals surface area contributed by atoms with Crippen molar-refractivity contribution >= 4 is 17.6 Å². The molecule has 1 aromatic heterocycles. The molecule has 142 valence electrons. The summed E-state index contributed by atoms with van der Waals surface area (Å²) < 4.78 is 10.6. The Morgan fingerprint density at radius 2 is 1.79 bits per heavy atom. The highest BCUT2D eigenvalue weighted by Gasteiger charge is 2.26. The van der Waals surface area contributed by atoms with Crippen LogP contribution >= 0.6 is 0 Å². The standard InChI is InChI=1S/C21H19N3O4/c1-14-12-23-18(13-22-14)21(26)28-19(15-7-4-3-5-8-15)20(25)24-16-9-6-10-17(11-16)27-2/h3-13,19H,1-2H3,(H,24,25)/t19-/m1/s1. The molecule has 1 heterocycles. The second-order valence-electron chi connectivity index (χ2n) is 5.96. The molecule has 0 bridgehead atoms. The Morgan fingerprint density at radius 3 is 2.46 bits per heavy atom. The number of aromatic nitrogens is 2. The third-order valence-corrected chi connectivity index (χ3v) is 3.89. The van der Waals surface area contributed by atoms with Gasteiger partial charge in [0.15, 0.2) is 5.69 Å². The van der Waals surface area contributed by atoms with Gasteiger partial charge in [0.1, 0.15) is 5.75 Å². The minimum absolute atomic E-state index is 0.0284. The molecule has 0 aliphatic rings. The van der Waals surface area contributed by atoms with Crippen LogP contribution in [0.5, 0.6) is 5.75 Å². The fraction of sp³-hybridized carbons (Fsp3) is 0.143. The van der Waals surface area contributed by atoms with Crippen LogP contribution in [0.25, 0.3) is 0 Å². The summed E-state index contributed by atoms with van der Waals surface area (Å²) in [4.78, 5) is 33.4. The topological polar surface area (TPSA) is 90.4 Å². The van der Waals surface area contributed by atoms with Gasteiger partial charge in [-0.25, -0.2) is 9.78 Å². The van der Waals surface area contributed by atoms with Crippen LogP contribution in [0.1, 0.15) is 27.8 Å². The zero-order valence-corrected chi connectivity index (χ0v) is 15.5. The number of nitrogens with one attached hydrogen (secondary N) is 1. The van der Waals surface area contributed by atoms with E-state index >= 15 is 0 Å². The Balaban J connectivity index is 1.83. The molecule has 0 unspecified atom stereocenters. The highest BCUT2D eigenvalue weighted by molar-refractivity contribution is 5.97. The number of methoxy groups -OCH3 is 1. The van der Waals surface area contributed by atoms with Crippen LogP contribution in [0.15, 0.2) is 67.0 Å². The number of aryl methyl sites for hydroxylation is 1. The van der Waals surface area contributed by atoms with E-state index in [1.807, 2.05) is 6.07 Å². The van der Waals surface area contributed by atoms with Crippen molar-refractivity contribution in [1.29, 1.82) is 0 Å². The van der Waals surface area contributed by atoms with Crippen molar-refractivity contribution in [2.24, 2.45) is 0 Å². The van der Waals surface area contributed by atoms with Crippen molar-refractivity contribution in [3.63, 3.8) is 0 Å². The Bertz CT molecular complexity index is 959. The van der Waals surface area contributed by atoms with Crippen LogP contribution in [0.2, 0.25) is 0 Å². The van der Waals surface area contributed by atoms with Crippen LogP contribution in [0.4, 0.5) is 5.69 Å². The number of amides is 1. The summed E-state index contributed by atoms with van der Waals surface area (Å²) in [5.41, 5.74) is 1.76. The number of carbonyl (C=O) groups is 2. The monoisotopic (exact) mass is 377 g/mol. The summed E-state index contributed by atoms with van der Waals surface area (Å²) in [6, 6.07) is 15.7. The third-order valence-electron chi connectivity index (χ3n) is 3.89. The molecule has 0 radical (unpaired) electrons. The van der Waals surface area contributed by atoms with E-state index < -0.39 is 18.0 Å². The zero-order chi connectivity index (χ0) is 19.9. The third kappa shape index (κ3) is 4.70. The predicted molar refractivity (Wildman–Crippen MR) is 103 cm³/mol. The smallest absolute Gasteiger partial charge is 0.359 e. The molecule has 0 fully saturated rings. The molecule has 3 rings (SSSR count). The minimum atomic E-state index is -1.15. The van der Waals surface area contributed by atoms with Crippen molar-refractivity contribution in [2.45, 2.75) is 13.0 Å². The molecule has 0 saturated heterocycles. The molecule has 1 atom stereocenters. The maximum Gasteiger partial charge on any atom is 0.359 e. The van der Waals surface area contributed by atoms with Gasteiger partial charge < -0.3 is 14.8 Å². The van der Waals surface area contributed by atoms with Crippen molar-refractivity contribution in [3.8, 4) is 5.75 Å². The lowest BCUT2D eigenvalue weighted by molar-refractivity contribution is -0.125. The average molecular weight is 377 g/mol. The van der Waals surface area contributed by atoms with Crippen LogP contribution in [0, 0.1) is 6.92 Å². The van der Waals surface area contributed by atoms with E-state index in [4.69, 9.17) is 9.47 Å². The Labute approximate surface area is 162 Å². The van der Waals surface area contributed by atoms with Crippen LogP contribution in [0.3, 0.4) is 0 Å². The molecule has 1 amide bonds. The largest absolute Gasteiger partial charge is 0.497 e. The molecule has 28 heavy (non-hydrogen) atoms. The van der Waals surface area contributed by atoms with Gasteiger partial charge in [-0.1, -0.05) is 36.4 Å². The van der Waals surface area contributed by atoms with E-state index in [0.29, 0.717) is 22.7 Å². The summed E-state index contributed by atoms with van der Waals surface area (Å²) in [5, 5.41) is 2.75. The number of hydrogen-bond acceptors (Lipinski definition) is 6. The maximum absolute atomic E-state index is 12.9. The molecule has 0 aliphatic heterocycles. The Kier molecular flexibility index (Phi) is 5.96. The molecule has 2 aromatic carbocycles. The van der Waals surface area contributed by atoms with Crippen molar-refractivity contribution in [1.82, 2.24) is 9.97 Å². The minimum Gasteiger partial charge on any atom is -0.497 e. The van der Waals surface area contributed by atoms with E-state index in [9.17, 15) is 9.59 Å². The fourth-order valence-corrected chi connectivity index (χ4v) is 2.47. The van der Waals surface area contributed by atoms with E-state index in [1.54, 1.807) is 55.5 Å². The Hall–Kier alpha value is -3.74. The molecule has 0 saturated carbocycles. The van der Waals surface area contributed by atoms with Gasteiger partial charge in [0.2, 0.25) is 6.10 Å². The molecular weight excluding hydrogens is 358 g/mol. The number of benzene rings is 2. The lowest BCUT2D eigenvalue weighted by atomic mass is 10.1. The number of anilines is 1. The average Bonchev–Trinajstić information content (AvgIpc) is 2.73. The van der Waals surface area contributed by atoms with Gasteiger partial charge in [0, 0.05) is 23.5 Å². The number of carbonyl (C=O) groups excluding carboxylic acids is 2. The molecule has 0 spiro atoms. The van der Waals surface area contributed by atoms with Gasteiger partial charge in [-0.05, 0) is 19.1 Å². The first-order valence-electron chi connectivity index (χ1n) is 8.56. The van der Waals surface area contributed by atoms with E-state index in [2.05, 4.69) is 15.3 Å². The van der Waals surface area contributed by atoms with Gasteiger partial charge in [-0.15, -0.1) is 0 Å². The first-order valence-corrected chi connectivity index (χ1v) is 8.56. The normalized spacial score (nSPS) is 11.4. The second-order valence-corrected chi connectivity index (χ2v) is 5.96. The number of esters is 1. The van der Waals surface area contributed by atoms with Crippen molar-refractivity contribution in [2.75, 3.05) is 12.4 Å². The Morgan fingerprint density at radius 1 is 1.00 bits per heavy atom. The van der Waals surface area contributed by atoms with Crippen LogP contribution in [-0.2, 0) is 9.53 Å². The van der Waals surface area contributed by atoms with Crippen LogP contribution in [-0.4, -0.2) is 29.0 Å². The van der Waals surface area contributed by atoms with Crippen LogP contribution < -0.4 is 10.1 Å². The molecular formula is C21H19N3O4. The predicted octanol–water partition coefficient (Wildman–Crippen LogP) is 3.33. The molecule has 7 heteroatoms. The molecule has 0 aliphatic carbocycles.